The highest BCUT2D eigenvalue weighted by Crippen LogP contribution is 2.50. The van der Waals surface area contributed by atoms with E-state index in [1.54, 1.807) is 0 Å². The molecule has 1 aromatic heterocycles. The summed E-state index contributed by atoms with van der Waals surface area (Å²) in [5, 5.41) is 12.1. The van der Waals surface area contributed by atoms with Gasteiger partial charge in [-0.1, -0.05) is 76.1 Å². The molecule has 2 aliphatic rings. The monoisotopic (exact) mass is 510 g/mol. The molecule has 2 N–H and O–H groups in total. The van der Waals surface area contributed by atoms with E-state index in [4.69, 9.17) is 14.3 Å². The molecule has 2 fully saturated rings. The van der Waals surface area contributed by atoms with Crippen LogP contribution < -0.4 is 5.32 Å². The van der Waals surface area contributed by atoms with Crippen LogP contribution in [0.1, 0.15) is 111 Å². The summed E-state index contributed by atoms with van der Waals surface area (Å²) < 4.78 is 12.1. The van der Waals surface area contributed by atoms with Gasteiger partial charge in [0.2, 0.25) is 5.89 Å². The zero-order valence-corrected chi connectivity index (χ0v) is 22.1. The Hall–Kier alpha value is -2.67. The topological polar surface area (TPSA) is 102 Å². The largest absolute Gasteiger partial charge is 0.481 e. The van der Waals surface area contributed by atoms with Crippen LogP contribution in [0.2, 0.25) is 0 Å². The second-order valence-electron chi connectivity index (χ2n) is 10.6. The van der Waals surface area contributed by atoms with Gasteiger partial charge in [0.1, 0.15) is 6.26 Å². The first-order valence-electron chi connectivity index (χ1n) is 14.2. The number of unbranched alkanes of at least 4 members (excludes halogenated alkanes) is 7. The van der Waals surface area contributed by atoms with Gasteiger partial charge in [0.15, 0.2) is 5.69 Å². The molecule has 37 heavy (non-hydrogen) atoms. The lowest BCUT2D eigenvalue weighted by molar-refractivity contribution is -0.136. The van der Waals surface area contributed by atoms with E-state index in [-0.39, 0.29) is 36.4 Å². The van der Waals surface area contributed by atoms with Gasteiger partial charge >= 0.3 is 5.97 Å². The first-order valence-corrected chi connectivity index (χ1v) is 14.2. The van der Waals surface area contributed by atoms with E-state index >= 15 is 0 Å². The molecule has 4 atom stereocenters. The molecular formula is C30H42N2O5. The van der Waals surface area contributed by atoms with Crippen molar-refractivity contribution in [1.82, 2.24) is 10.3 Å². The number of aliphatic carboxylic acids is 1. The number of ether oxygens (including phenoxy) is 1. The summed E-state index contributed by atoms with van der Waals surface area (Å²) in [5.41, 5.74) is 2.56. The minimum absolute atomic E-state index is 0.000498. The second-order valence-corrected chi connectivity index (χ2v) is 10.6. The molecule has 2 saturated heterocycles. The summed E-state index contributed by atoms with van der Waals surface area (Å²) in [6, 6.07) is 8.06. The van der Waals surface area contributed by atoms with Crippen LogP contribution in [0, 0.1) is 5.92 Å². The maximum atomic E-state index is 12.7. The number of aromatic nitrogens is 1. The number of rotatable bonds is 16. The van der Waals surface area contributed by atoms with Gasteiger partial charge in [-0.3, -0.25) is 9.59 Å². The molecule has 7 nitrogen and oxygen atoms in total. The molecule has 2 aliphatic heterocycles. The molecule has 0 saturated carbocycles. The Labute approximate surface area is 220 Å². The van der Waals surface area contributed by atoms with Crippen LogP contribution in [0.4, 0.5) is 0 Å². The van der Waals surface area contributed by atoms with Crippen LogP contribution in [-0.2, 0) is 22.4 Å². The summed E-state index contributed by atoms with van der Waals surface area (Å²) >= 11 is 0. The van der Waals surface area contributed by atoms with E-state index in [9.17, 15) is 9.59 Å². The summed E-state index contributed by atoms with van der Waals surface area (Å²) in [5.74, 6) is -0.198. The number of amides is 1. The van der Waals surface area contributed by atoms with Crippen molar-refractivity contribution in [2.45, 2.75) is 109 Å². The number of fused-ring (bicyclic) bond motifs is 2. The first kappa shape index (κ1) is 27.4. The standard InChI is InChI=1S/C30H42N2O5/c1-2-3-4-5-6-7-8-11-18-31-29(35)24-20-36-30(32-24)28-23(25-15-16-26(28)37-25)19-22-13-10-9-12-21(22)14-17-27(33)34/h9-10,12-13,20,23,25-26,28H,2-8,11,14-19H2,1H3,(H,31,35)(H,33,34)/t23-,25+,26-,28+/m1/s1. The third-order valence-corrected chi connectivity index (χ3v) is 7.96. The molecule has 1 aromatic carbocycles. The summed E-state index contributed by atoms with van der Waals surface area (Å²) in [6.45, 7) is 2.89. The number of hydrogen-bond acceptors (Lipinski definition) is 5. The Bertz CT molecular complexity index is 1020. The summed E-state index contributed by atoms with van der Waals surface area (Å²) in [4.78, 5) is 28.4. The highest BCUT2D eigenvalue weighted by molar-refractivity contribution is 5.91. The maximum Gasteiger partial charge on any atom is 0.303 e. The Kier molecular flexibility index (Phi) is 10.2. The number of carboxylic acids is 1. The van der Waals surface area contributed by atoms with Crippen LogP contribution in [0.15, 0.2) is 34.9 Å². The van der Waals surface area contributed by atoms with Gasteiger partial charge in [-0.15, -0.1) is 0 Å². The number of benzene rings is 1. The zero-order valence-electron chi connectivity index (χ0n) is 22.1. The van der Waals surface area contributed by atoms with Gasteiger partial charge in [0.25, 0.3) is 5.91 Å². The minimum atomic E-state index is -0.788. The Morgan fingerprint density at radius 2 is 1.70 bits per heavy atom. The van der Waals surface area contributed by atoms with Crippen molar-refractivity contribution in [1.29, 1.82) is 0 Å². The number of nitrogens with zero attached hydrogens (tertiary/aromatic N) is 1. The molecule has 2 bridgehead atoms. The Balaban J connectivity index is 1.31. The number of oxazole rings is 1. The average Bonchev–Trinajstić information content (AvgIpc) is 3.64. The van der Waals surface area contributed by atoms with E-state index in [0.29, 0.717) is 24.6 Å². The number of hydrogen-bond donors (Lipinski definition) is 2. The van der Waals surface area contributed by atoms with Crippen LogP contribution in [-0.4, -0.2) is 40.7 Å². The lowest BCUT2D eigenvalue weighted by atomic mass is 9.75. The van der Waals surface area contributed by atoms with Gasteiger partial charge in [-0.05, 0) is 43.2 Å². The molecule has 7 heteroatoms. The highest BCUT2D eigenvalue weighted by Gasteiger charge is 2.51. The van der Waals surface area contributed by atoms with E-state index in [2.05, 4.69) is 23.3 Å². The SMILES string of the molecule is CCCCCCCCCCNC(=O)c1coc([C@H]2[C@H](Cc3ccccc3CCC(=O)O)[C@@H]3CC[C@H]2O3)n1. The summed E-state index contributed by atoms with van der Waals surface area (Å²) in [7, 11) is 0. The lowest BCUT2D eigenvalue weighted by Crippen LogP contribution is -2.28. The van der Waals surface area contributed by atoms with Crippen LogP contribution >= 0.6 is 0 Å². The molecule has 4 rings (SSSR count). The molecule has 0 radical (unpaired) electrons. The number of nitrogens with one attached hydrogen (secondary N) is 1. The van der Waals surface area contributed by atoms with Crippen molar-refractivity contribution < 1.29 is 23.8 Å². The smallest absolute Gasteiger partial charge is 0.303 e. The molecule has 3 heterocycles. The zero-order chi connectivity index (χ0) is 26.0. The number of carbonyl (C=O) groups excluding carboxylic acids is 1. The molecule has 0 aliphatic carbocycles. The second kappa shape index (κ2) is 13.8. The van der Waals surface area contributed by atoms with Crippen molar-refractivity contribution in [3.8, 4) is 0 Å². The summed E-state index contributed by atoms with van der Waals surface area (Å²) in [6.07, 6.45) is 14.9. The molecular weight excluding hydrogens is 468 g/mol. The lowest BCUT2D eigenvalue weighted by Gasteiger charge is -2.26. The van der Waals surface area contributed by atoms with E-state index in [1.165, 1.54) is 44.8 Å². The molecule has 0 spiro atoms. The third-order valence-electron chi connectivity index (χ3n) is 7.96. The predicted octanol–water partition coefficient (Wildman–Crippen LogP) is 6.07. The maximum absolute atomic E-state index is 12.7. The quantitative estimate of drug-likeness (QED) is 0.266. The van der Waals surface area contributed by atoms with Crippen LogP contribution in [0.5, 0.6) is 0 Å². The van der Waals surface area contributed by atoms with E-state index in [0.717, 1.165) is 43.2 Å². The Morgan fingerprint density at radius 3 is 2.46 bits per heavy atom. The van der Waals surface area contributed by atoms with Crippen molar-refractivity contribution in [3.05, 3.63) is 53.2 Å². The molecule has 0 unspecified atom stereocenters. The number of carboxylic acid groups (broad SMARTS) is 1. The minimum Gasteiger partial charge on any atom is -0.481 e. The third kappa shape index (κ3) is 7.44. The van der Waals surface area contributed by atoms with Gasteiger partial charge in [-0.25, -0.2) is 4.98 Å². The number of carbonyl (C=O) groups is 2. The van der Waals surface area contributed by atoms with E-state index in [1.807, 2.05) is 18.2 Å². The fourth-order valence-corrected chi connectivity index (χ4v) is 5.97. The first-order chi connectivity index (χ1) is 18.1. The molecule has 1 amide bonds. The molecule has 2 aromatic rings. The average molecular weight is 511 g/mol. The normalized spacial score (nSPS) is 22.4. The highest BCUT2D eigenvalue weighted by atomic mass is 16.5. The van der Waals surface area contributed by atoms with E-state index < -0.39 is 5.97 Å². The van der Waals surface area contributed by atoms with Crippen molar-refractivity contribution in [3.63, 3.8) is 0 Å². The fraction of sp³-hybridized carbons (Fsp3) is 0.633. The van der Waals surface area contributed by atoms with Gasteiger partial charge < -0.3 is 19.6 Å². The van der Waals surface area contributed by atoms with Gasteiger partial charge in [0, 0.05) is 18.9 Å². The van der Waals surface area contributed by atoms with Crippen LogP contribution in [0.3, 0.4) is 0 Å². The fourth-order valence-electron chi connectivity index (χ4n) is 5.97. The Morgan fingerprint density at radius 1 is 1.00 bits per heavy atom. The van der Waals surface area contributed by atoms with Crippen LogP contribution in [0.25, 0.3) is 0 Å². The van der Waals surface area contributed by atoms with Gasteiger partial charge in [0.05, 0.1) is 18.1 Å². The van der Waals surface area contributed by atoms with Crippen molar-refractivity contribution in [2.24, 2.45) is 5.92 Å². The predicted molar refractivity (Wildman–Crippen MR) is 142 cm³/mol. The van der Waals surface area contributed by atoms with Gasteiger partial charge in [-0.2, -0.15) is 0 Å². The van der Waals surface area contributed by atoms with Crippen molar-refractivity contribution >= 4 is 11.9 Å². The number of aryl methyl sites for hydroxylation is 1. The molecule has 202 valence electrons. The van der Waals surface area contributed by atoms with Crippen molar-refractivity contribution in [2.75, 3.05) is 6.54 Å².